The molecule has 2 heterocycles. The van der Waals surface area contributed by atoms with E-state index in [2.05, 4.69) is 14.9 Å². The molecule has 1 amide bonds. The van der Waals surface area contributed by atoms with Crippen LogP contribution in [0, 0.1) is 0 Å². The number of benzene rings is 1. The molecule has 0 aromatic heterocycles. The number of ether oxygens (including phenoxy) is 1. The molecule has 9 nitrogen and oxygen atoms in total. The average molecular weight is 460 g/mol. The second-order valence-electron chi connectivity index (χ2n) is 8.02. The first-order valence-electron chi connectivity index (χ1n) is 10.0. The Kier molecular flexibility index (Phi) is 7.18. The molecule has 2 fully saturated rings. The second kappa shape index (κ2) is 9.31. The normalized spacial score (nSPS) is 27.1. The lowest BCUT2D eigenvalue weighted by molar-refractivity contribution is -0.0672. The maximum atomic E-state index is 12.6. The molecule has 1 aromatic carbocycles. The van der Waals surface area contributed by atoms with Crippen molar-refractivity contribution in [3.05, 3.63) is 29.8 Å². The van der Waals surface area contributed by atoms with Gasteiger partial charge in [0.2, 0.25) is 10.0 Å². The number of nitrogens with one attached hydrogen (secondary N) is 2. The first-order chi connectivity index (χ1) is 14.0. The lowest BCUT2D eigenvalue weighted by atomic mass is 10.2. The molecule has 0 radical (unpaired) electrons. The zero-order valence-electron chi connectivity index (χ0n) is 17.2. The maximum absolute atomic E-state index is 12.6. The summed E-state index contributed by atoms with van der Waals surface area (Å²) in [5.41, 5.74) is 0.237. The van der Waals surface area contributed by atoms with E-state index in [-0.39, 0.29) is 46.5 Å². The number of amides is 1. The van der Waals surface area contributed by atoms with Gasteiger partial charge >= 0.3 is 0 Å². The number of hydrogen-bond acceptors (Lipinski definition) is 7. The van der Waals surface area contributed by atoms with E-state index in [4.69, 9.17) is 4.74 Å². The number of morpholine rings is 1. The molecule has 3 rings (SSSR count). The zero-order chi connectivity index (χ0) is 21.9. The summed E-state index contributed by atoms with van der Waals surface area (Å²) in [5, 5.41) is 2.82. The summed E-state index contributed by atoms with van der Waals surface area (Å²) in [6.45, 7) is 6.75. The molecule has 0 bridgehead atoms. The fraction of sp³-hybridized carbons (Fsp3) is 0.632. The molecular weight excluding hydrogens is 430 g/mol. The number of rotatable bonds is 7. The highest BCUT2D eigenvalue weighted by Crippen LogP contribution is 2.17. The Morgan fingerprint density at radius 3 is 2.57 bits per heavy atom. The van der Waals surface area contributed by atoms with E-state index < -0.39 is 25.9 Å². The van der Waals surface area contributed by atoms with Gasteiger partial charge in [-0.3, -0.25) is 9.69 Å². The van der Waals surface area contributed by atoms with Crippen LogP contribution in [-0.2, 0) is 24.6 Å². The van der Waals surface area contributed by atoms with Gasteiger partial charge in [0.25, 0.3) is 5.91 Å². The van der Waals surface area contributed by atoms with E-state index in [9.17, 15) is 21.6 Å². The predicted octanol–water partition coefficient (Wildman–Crippen LogP) is -0.00900. The number of sulfonamides is 1. The minimum Gasteiger partial charge on any atom is -0.373 e. The average Bonchev–Trinajstić information content (AvgIpc) is 2.98. The molecule has 0 spiro atoms. The van der Waals surface area contributed by atoms with Crippen molar-refractivity contribution < 1.29 is 26.4 Å². The fourth-order valence-electron chi connectivity index (χ4n) is 3.88. The molecule has 168 valence electrons. The van der Waals surface area contributed by atoms with Crippen molar-refractivity contribution >= 4 is 25.8 Å². The van der Waals surface area contributed by atoms with Crippen LogP contribution < -0.4 is 10.0 Å². The monoisotopic (exact) mass is 459 g/mol. The molecule has 2 N–H and O–H groups in total. The first kappa shape index (κ1) is 23.1. The quantitative estimate of drug-likeness (QED) is 0.588. The van der Waals surface area contributed by atoms with Crippen LogP contribution in [0.5, 0.6) is 0 Å². The van der Waals surface area contributed by atoms with Crippen LogP contribution in [0.25, 0.3) is 0 Å². The minimum atomic E-state index is -3.92. The van der Waals surface area contributed by atoms with Gasteiger partial charge in [-0.2, -0.15) is 0 Å². The van der Waals surface area contributed by atoms with Crippen molar-refractivity contribution in [3.8, 4) is 0 Å². The van der Waals surface area contributed by atoms with E-state index >= 15 is 0 Å². The molecule has 2 saturated heterocycles. The molecule has 11 heteroatoms. The highest BCUT2D eigenvalue weighted by Gasteiger charge is 2.31. The number of nitrogens with zero attached hydrogens (tertiary/aromatic N) is 1. The third kappa shape index (κ3) is 6.24. The van der Waals surface area contributed by atoms with Crippen LogP contribution in [0.3, 0.4) is 0 Å². The Morgan fingerprint density at radius 1 is 1.23 bits per heavy atom. The van der Waals surface area contributed by atoms with Gasteiger partial charge in [0.05, 0.1) is 28.6 Å². The Morgan fingerprint density at radius 2 is 1.93 bits per heavy atom. The van der Waals surface area contributed by atoms with Crippen molar-refractivity contribution in [2.75, 3.05) is 37.7 Å². The number of sulfone groups is 1. The Labute approximate surface area is 178 Å². The molecule has 0 saturated carbocycles. The lowest BCUT2D eigenvalue weighted by Gasteiger charge is -2.35. The largest absolute Gasteiger partial charge is 0.373 e. The summed E-state index contributed by atoms with van der Waals surface area (Å²) in [5.74, 6) is -0.584. The summed E-state index contributed by atoms with van der Waals surface area (Å²) in [7, 11) is -7.12. The highest BCUT2D eigenvalue weighted by molar-refractivity contribution is 7.92. The Balaban J connectivity index is 1.57. The van der Waals surface area contributed by atoms with Gasteiger partial charge in [0, 0.05) is 37.8 Å². The molecular formula is C19H29N3O6S2. The summed E-state index contributed by atoms with van der Waals surface area (Å²) < 4.78 is 56.4. The van der Waals surface area contributed by atoms with Gasteiger partial charge in [0.1, 0.15) is 0 Å². The standard InChI is InChI=1S/C19H29N3O6S2/c1-14-11-22(12-15(2)28-14)8-7-20-19(23)16-4-3-5-18(10-16)30(26,27)21-17-6-9-29(24,25)13-17/h3-5,10,14-15,17,21H,6-9,11-13H2,1-2H3,(H,20,23). The number of carbonyl (C=O) groups excluding carboxylic acids is 1. The summed E-state index contributed by atoms with van der Waals surface area (Å²) in [4.78, 5) is 14.6. The molecule has 30 heavy (non-hydrogen) atoms. The molecule has 0 aliphatic carbocycles. The van der Waals surface area contributed by atoms with Gasteiger partial charge < -0.3 is 10.1 Å². The van der Waals surface area contributed by atoms with Gasteiger partial charge in [-0.05, 0) is 38.5 Å². The molecule has 2 aliphatic heterocycles. The van der Waals surface area contributed by atoms with E-state index in [1.54, 1.807) is 6.07 Å². The van der Waals surface area contributed by atoms with Crippen LogP contribution >= 0.6 is 0 Å². The second-order valence-corrected chi connectivity index (χ2v) is 12.0. The predicted molar refractivity (Wildman–Crippen MR) is 113 cm³/mol. The van der Waals surface area contributed by atoms with Crippen LogP contribution in [0.1, 0.15) is 30.6 Å². The van der Waals surface area contributed by atoms with Crippen molar-refractivity contribution in [1.82, 2.24) is 14.9 Å². The van der Waals surface area contributed by atoms with Crippen molar-refractivity contribution in [3.63, 3.8) is 0 Å². The summed E-state index contributed by atoms with van der Waals surface area (Å²) in [6.07, 6.45) is 0.544. The van der Waals surface area contributed by atoms with Crippen LogP contribution in [0.4, 0.5) is 0 Å². The first-order valence-corrected chi connectivity index (χ1v) is 13.3. The van der Waals surface area contributed by atoms with E-state index in [0.717, 1.165) is 13.1 Å². The fourth-order valence-corrected chi connectivity index (χ4v) is 6.97. The topological polar surface area (TPSA) is 122 Å². The smallest absolute Gasteiger partial charge is 0.251 e. The SMILES string of the molecule is CC1CN(CCNC(=O)c2cccc(S(=O)(=O)NC3CCS(=O)(=O)C3)c2)CC(C)O1. The highest BCUT2D eigenvalue weighted by atomic mass is 32.2. The number of carbonyl (C=O) groups is 1. The van der Waals surface area contributed by atoms with E-state index in [0.29, 0.717) is 13.1 Å². The maximum Gasteiger partial charge on any atom is 0.251 e. The van der Waals surface area contributed by atoms with E-state index in [1.807, 2.05) is 13.8 Å². The van der Waals surface area contributed by atoms with Gasteiger partial charge in [-0.25, -0.2) is 21.6 Å². The molecule has 1 aromatic rings. The summed E-state index contributed by atoms with van der Waals surface area (Å²) >= 11 is 0. The van der Waals surface area contributed by atoms with Gasteiger partial charge in [-0.1, -0.05) is 6.07 Å². The lowest BCUT2D eigenvalue weighted by Crippen LogP contribution is -2.47. The molecule has 3 unspecified atom stereocenters. The minimum absolute atomic E-state index is 0.0245. The van der Waals surface area contributed by atoms with Crippen LogP contribution in [0.15, 0.2) is 29.2 Å². The number of hydrogen-bond donors (Lipinski definition) is 2. The van der Waals surface area contributed by atoms with E-state index in [1.165, 1.54) is 18.2 Å². The van der Waals surface area contributed by atoms with Crippen molar-refractivity contribution in [1.29, 1.82) is 0 Å². The zero-order valence-corrected chi connectivity index (χ0v) is 18.8. The van der Waals surface area contributed by atoms with Crippen LogP contribution in [-0.4, -0.2) is 83.6 Å². The Bertz CT molecular complexity index is 970. The van der Waals surface area contributed by atoms with Gasteiger partial charge in [-0.15, -0.1) is 0 Å². The van der Waals surface area contributed by atoms with Crippen molar-refractivity contribution in [2.45, 2.75) is 43.4 Å². The third-order valence-electron chi connectivity index (χ3n) is 5.17. The summed E-state index contributed by atoms with van der Waals surface area (Å²) in [6, 6.07) is 5.10. The molecule has 2 aliphatic rings. The van der Waals surface area contributed by atoms with Crippen molar-refractivity contribution in [2.24, 2.45) is 0 Å². The molecule has 3 atom stereocenters. The van der Waals surface area contributed by atoms with Crippen LogP contribution in [0.2, 0.25) is 0 Å². The van der Waals surface area contributed by atoms with Gasteiger partial charge in [0.15, 0.2) is 9.84 Å². The Hall–Kier alpha value is -1.53. The third-order valence-corrected chi connectivity index (χ3v) is 8.46.